The van der Waals surface area contributed by atoms with Gasteiger partial charge in [0.05, 0.1) is 12.2 Å². The second kappa shape index (κ2) is 5.07. The molecule has 0 aromatic heterocycles. The van der Waals surface area contributed by atoms with Crippen molar-refractivity contribution in [3.8, 4) is 5.75 Å². The van der Waals surface area contributed by atoms with E-state index in [1.807, 2.05) is 0 Å². The van der Waals surface area contributed by atoms with Crippen molar-refractivity contribution in [2.45, 2.75) is 32.5 Å². The van der Waals surface area contributed by atoms with Gasteiger partial charge in [-0.1, -0.05) is 6.07 Å². The molecule has 2 nitrogen and oxygen atoms in total. The highest BCUT2D eigenvalue weighted by Crippen LogP contribution is 2.21. The molecule has 0 aliphatic carbocycles. The monoisotopic (exact) mass is 216 g/mol. The van der Waals surface area contributed by atoms with Crippen LogP contribution in [0, 0.1) is 11.6 Å². The molecule has 1 N–H and O–H groups in total. The van der Waals surface area contributed by atoms with Crippen LogP contribution in [0.25, 0.3) is 0 Å². The van der Waals surface area contributed by atoms with Crippen molar-refractivity contribution in [1.29, 1.82) is 0 Å². The van der Waals surface area contributed by atoms with E-state index in [1.54, 1.807) is 13.8 Å². The molecule has 2 atom stereocenters. The molecule has 15 heavy (non-hydrogen) atoms. The third kappa shape index (κ3) is 3.47. The van der Waals surface area contributed by atoms with Crippen LogP contribution in [-0.4, -0.2) is 17.3 Å². The fourth-order valence-corrected chi connectivity index (χ4v) is 1.32. The molecule has 1 rings (SSSR count). The minimum Gasteiger partial charge on any atom is -0.487 e. The summed E-state index contributed by atoms with van der Waals surface area (Å²) in [5, 5.41) is 9.08. The normalized spacial score (nSPS) is 14.7. The van der Waals surface area contributed by atoms with Crippen LogP contribution in [0.1, 0.15) is 20.3 Å². The minimum atomic E-state index is -0.991. The van der Waals surface area contributed by atoms with Gasteiger partial charge in [-0.15, -0.1) is 0 Å². The van der Waals surface area contributed by atoms with Crippen LogP contribution in [0.15, 0.2) is 18.2 Å². The number of halogens is 2. The van der Waals surface area contributed by atoms with Crippen LogP contribution < -0.4 is 4.74 Å². The largest absolute Gasteiger partial charge is 0.487 e. The van der Waals surface area contributed by atoms with Gasteiger partial charge in [-0.3, -0.25) is 0 Å². The van der Waals surface area contributed by atoms with Crippen molar-refractivity contribution in [2.24, 2.45) is 0 Å². The zero-order valence-corrected chi connectivity index (χ0v) is 8.71. The summed E-state index contributed by atoms with van der Waals surface area (Å²) in [6, 6.07) is 3.77. The highest BCUT2D eigenvalue weighted by atomic mass is 19.2. The second-order valence-electron chi connectivity index (χ2n) is 3.57. The summed E-state index contributed by atoms with van der Waals surface area (Å²) in [6.45, 7) is 3.30. The quantitative estimate of drug-likeness (QED) is 0.837. The van der Waals surface area contributed by atoms with E-state index in [-0.39, 0.29) is 11.9 Å². The van der Waals surface area contributed by atoms with Gasteiger partial charge in [-0.05, 0) is 26.0 Å². The molecule has 0 amide bonds. The van der Waals surface area contributed by atoms with E-state index in [0.29, 0.717) is 6.42 Å². The molecule has 0 aliphatic heterocycles. The third-order valence-electron chi connectivity index (χ3n) is 1.92. The van der Waals surface area contributed by atoms with Crippen LogP contribution in [0.2, 0.25) is 0 Å². The average molecular weight is 216 g/mol. The van der Waals surface area contributed by atoms with Gasteiger partial charge in [0.25, 0.3) is 0 Å². The second-order valence-corrected chi connectivity index (χ2v) is 3.57. The van der Waals surface area contributed by atoms with E-state index in [4.69, 9.17) is 9.84 Å². The molecular formula is C11H14F2O2. The van der Waals surface area contributed by atoms with E-state index < -0.39 is 17.7 Å². The van der Waals surface area contributed by atoms with E-state index in [0.717, 1.165) is 6.07 Å². The molecule has 0 spiro atoms. The molecule has 4 heteroatoms. The third-order valence-corrected chi connectivity index (χ3v) is 1.92. The maximum Gasteiger partial charge on any atom is 0.200 e. The lowest BCUT2D eigenvalue weighted by atomic mass is 10.2. The molecule has 84 valence electrons. The predicted molar refractivity (Wildman–Crippen MR) is 52.7 cm³/mol. The van der Waals surface area contributed by atoms with Crippen molar-refractivity contribution in [2.75, 3.05) is 0 Å². The van der Waals surface area contributed by atoms with Crippen LogP contribution in [0.3, 0.4) is 0 Å². The Morgan fingerprint density at radius 2 is 2.00 bits per heavy atom. The molecule has 0 heterocycles. The smallest absolute Gasteiger partial charge is 0.200 e. The van der Waals surface area contributed by atoms with Crippen LogP contribution in [0.4, 0.5) is 8.78 Å². The van der Waals surface area contributed by atoms with Crippen LogP contribution in [-0.2, 0) is 0 Å². The average Bonchev–Trinajstić information content (AvgIpc) is 2.11. The Bertz CT molecular complexity index is 326. The molecule has 0 saturated carbocycles. The summed E-state index contributed by atoms with van der Waals surface area (Å²) in [4.78, 5) is 0. The highest BCUT2D eigenvalue weighted by molar-refractivity contribution is 5.25. The summed E-state index contributed by atoms with van der Waals surface area (Å²) in [6.07, 6.45) is -0.520. The van der Waals surface area contributed by atoms with Gasteiger partial charge in [0.15, 0.2) is 11.6 Å². The van der Waals surface area contributed by atoms with Gasteiger partial charge in [0.2, 0.25) is 5.82 Å². The summed E-state index contributed by atoms with van der Waals surface area (Å²) in [5.74, 6) is -2.05. The molecule has 1 aromatic carbocycles. The first-order valence-electron chi connectivity index (χ1n) is 4.79. The van der Waals surface area contributed by atoms with Crippen molar-refractivity contribution >= 4 is 0 Å². The van der Waals surface area contributed by atoms with Gasteiger partial charge < -0.3 is 9.84 Å². The Kier molecular flexibility index (Phi) is 4.03. The molecule has 0 saturated heterocycles. The molecule has 0 radical (unpaired) electrons. The molecule has 2 unspecified atom stereocenters. The van der Waals surface area contributed by atoms with E-state index in [9.17, 15) is 8.78 Å². The van der Waals surface area contributed by atoms with E-state index in [2.05, 4.69) is 0 Å². The van der Waals surface area contributed by atoms with Crippen LogP contribution >= 0.6 is 0 Å². The van der Waals surface area contributed by atoms with Crippen molar-refractivity contribution in [1.82, 2.24) is 0 Å². The lowest BCUT2D eigenvalue weighted by Gasteiger charge is -2.16. The fourth-order valence-electron chi connectivity index (χ4n) is 1.32. The Morgan fingerprint density at radius 3 is 2.60 bits per heavy atom. The van der Waals surface area contributed by atoms with Gasteiger partial charge in [0, 0.05) is 6.42 Å². The van der Waals surface area contributed by atoms with Crippen molar-refractivity contribution < 1.29 is 18.6 Å². The standard InChI is InChI=1S/C11H14F2O2/c1-7(14)6-8(2)15-10-5-3-4-9(12)11(10)13/h3-5,7-8,14H,6H2,1-2H3. The molecular weight excluding hydrogens is 202 g/mol. The number of aliphatic hydroxyl groups is 1. The number of hydrogen-bond acceptors (Lipinski definition) is 2. The number of hydrogen-bond donors (Lipinski definition) is 1. The summed E-state index contributed by atoms with van der Waals surface area (Å²) >= 11 is 0. The first-order valence-corrected chi connectivity index (χ1v) is 4.79. The van der Waals surface area contributed by atoms with Gasteiger partial charge in [-0.2, -0.15) is 4.39 Å². The minimum absolute atomic E-state index is 0.122. The zero-order chi connectivity index (χ0) is 11.4. The Hall–Kier alpha value is -1.16. The SMILES string of the molecule is CC(O)CC(C)Oc1cccc(F)c1F. The fraction of sp³-hybridized carbons (Fsp3) is 0.455. The Labute approximate surface area is 87.5 Å². The number of ether oxygens (including phenoxy) is 1. The van der Waals surface area contributed by atoms with Gasteiger partial charge >= 0.3 is 0 Å². The van der Waals surface area contributed by atoms with E-state index in [1.165, 1.54) is 12.1 Å². The molecule has 1 aromatic rings. The number of rotatable bonds is 4. The van der Waals surface area contributed by atoms with Gasteiger partial charge in [0.1, 0.15) is 0 Å². The maximum absolute atomic E-state index is 13.1. The highest BCUT2D eigenvalue weighted by Gasteiger charge is 2.13. The summed E-state index contributed by atoms with van der Waals surface area (Å²) in [5.41, 5.74) is 0. The molecule has 0 bridgehead atoms. The van der Waals surface area contributed by atoms with Crippen molar-refractivity contribution in [3.63, 3.8) is 0 Å². The Morgan fingerprint density at radius 1 is 1.33 bits per heavy atom. The first kappa shape index (κ1) is 11.9. The zero-order valence-electron chi connectivity index (χ0n) is 8.71. The van der Waals surface area contributed by atoms with Crippen LogP contribution in [0.5, 0.6) is 5.75 Å². The number of aliphatic hydroxyl groups excluding tert-OH is 1. The molecule has 0 aliphatic rings. The molecule has 0 fully saturated rings. The maximum atomic E-state index is 13.1. The predicted octanol–water partition coefficient (Wildman–Crippen LogP) is 2.50. The van der Waals surface area contributed by atoms with Gasteiger partial charge in [-0.25, -0.2) is 4.39 Å². The summed E-state index contributed by atoms with van der Waals surface area (Å²) in [7, 11) is 0. The topological polar surface area (TPSA) is 29.5 Å². The summed E-state index contributed by atoms with van der Waals surface area (Å²) < 4.78 is 31.1. The van der Waals surface area contributed by atoms with Crippen molar-refractivity contribution in [3.05, 3.63) is 29.8 Å². The Balaban J connectivity index is 2.68. The first-order chi connectivity index (χ1) is 7.00. The number of benzene rings is 1. The lowest BCUT2D eigenvalue weighted by Crippen LogP contribution is -2.18. The van der Waals surface area contributed by atoms with E-state index >= 15 is 0 Å². The lowest BCUT2D eigenvalue weighted by molar-refractivity contribution is 0.112.